The van der Waals surface area contributed by atoms with E-state index in [1.54, 1.807) is 4.90 Å². The number of nitrogens with zero attached hydrogens (tertiary/aromatic N) is 1. The molecule has 0 aliphatic rings. The molecule has 0 N–H and O–H groups in total. The maximum atomic E-state index is 11.6. The molecule has 100 valence electrons. The zero-order valence-corrected chi connectivity index (χ0v) is 12.5. The van der Waals surface area contributed by atoms with Gasteiger partial charge in [0.05, 0.1) is 0 Å². The van der Waals surface area contributed by atoms with E-state index >= 15 is 0 Å². The average molecular weight is 268 g/mol. The standard InChI is InChI=1S/C15H22ClNO/c1-11-5-6-14(13(3)12(11)2)8-10-17(4)15(18)7-9-16/h5-6H,7-10H2,1-4H3. The van der Waals surface area contributed by atoms with Crippen LogP contribution in [0, 0.1) is 20.8 Å². The summed E-state index contributed by atoms with van der Waals surface area (Å²) in [6.45, 7) is 7.18. The summed E-state index contributed by atoms with van der Waals surface area (Å²) in [4.78, 5) is 13.4. The Balaban J connectivity index is 2.64. The Labute approximate surface area is 115 Å². The van der Waals surface area contributed by atoms with Gasteiger partial charge in [0.2, 0.25) is 5.91 Å². The number of hydrogen-bond donors (Lipinski definition) is 0. The Morgan fingerprint density at radius 3 is 2.50 bits per heavy atom. The molecule has 18 heavy (non-hydrogen) atoms. The lowest BCUT2D eigenvalue weighted by Crippen LogP contribution is -2.29. The van der Waals surface area contributed by atoms with Gasteiger partial charge in [0.1, 0.15) is 0 Å². The molecular formula is C15H22ClNO. The van der Waals surface area contributed by atoms with Crippen LogP contribution in [0.1, 0.15) is 28.7 Å². The van der Waals surface area contributed by atoms with Crippen LogP contribution in [0.3, 0.4) is 0 Å². The van der Waals surface area contributed by atoms with Crippen molar-refractivity contribution >= 4 is 17.5 Å². The van der Waals surface area contributed by atoms with Crippen molar-refractivity contribution in [1.82, 2.24) is 4.90 Å². The molecule has 0 saturated carbocycles. The van der Waals surface area contributed by atoms with Gasteiger partial charge in [-0.25, -0.2) is 0 Å². The van der Waals surface area contributed by atoms with Gasteiger partial charge in [0, 0.05) is 25.9 Å². The van der Waals surface area contributed by atoms with Gasteiger partial charge in [-0.2, -0.15) is 0 Å². The Kier molecular flexibility index (Phi) is 5.67. The van der Waals surface area contributed by atoms with E-state index in [2.05, 4.69) is 32.9 Å². The molecule has 0 aromatic heterocycles. The minimum Gasteiger partial charge on any atom is -0.345 e. The highest BCUT2D eigenvalue weighted by molar-refractivity contribution is 6.18. The fourth-order valence-electron chi connectivity index (χ4n) is 1.97. The second kappa shape index (κ2) is 6.79. The van der Waals surface area contributed by atoms with Crippen LogP contribution >= 0.6 is 11.6 Å². The minimum atomic E-state index is 0.117. The fraction of sp³-hybridized carbons (Fsp3) is 0.533. The van der Waals surface area contributed by atoms with E-state index < -0.39 is 0 Å². The van der Waals surface area contributed by atoms with Crippen LogP contribution in [0.2, 0.25) is 0 Å². The second-order valence-electron chi connectivity index (χ2n) is 4.80. The minimum absolute atomic E-state index is 0.117. The Morgan fingerprint density at radius 2 is 1.89 bits per heavy atom. The summed E-state index contributed by atoms with van der Waals surface area (Å²) in [6.07, 6.45) is 1.32. The van der Waals surface area contributed by atoms with Gasteiger partial charge in [-0.1, -0.05) is 12.1 Å². The molecule has 0 saturated heterocycles. The molecule has 0 spiro atoms. The first kappa shape index (κ1) is 15.0. The molecule has 1 rings (SSSR count). The summed E-state index contributed by atoms with van der Waals surface area (Å²) < 4.78 is 0. The van der Waals surface area contributed by atoms with Crippen LogP contribution in [0.5, 0.6) is 0 Å². The molecule has 0 fully saturated rings. The van der Waals surface area contributed by atoms with Gasteiger partial charge in [0.25, 0.3) is 0 Å². The molecule has 3 heteroatoms. The lowest BCUT2D eigenvalue weighted by molar-refractivity contribution is -0.129. The number of rotatable bonds is 5. The van der Waals surface area contributed by atoms with Crippen LogP contribution in [0.15, 0.2) is 12.1 Å². The van der Waals surface area contributed by atoms with Crippen LogP contribution in [-0.4, -0.2) is 30.3 Å². The normalized spacial score (nSPS) is 10.5. The number of hydrogen-bond acceptors (Lipinski definition) is 1. The van der Waals surface area contributed by atoms with Gasteiger partial charge >= 0.3 is 0 Å². The van der Waals surface area contributed by atoms with E-state index in [9.17, 15) is 4.79 Å². The monoisotopic (exact) mass is 267 g/mol. The van der Waals surface area contributed by atoms with Gasteiger partial charge < -0.3 is 4.90 Å². The number of carbonyl (C=O) groups is 1. The first-order valence-electron chi connectivity index (χ1n) is 6.33. The van der Waals surface area contributed by atoms with Crippen molar-refractivity contribution in [3.05, 3.63) is 34.4 Å². The number of benzene rings is 1. The zero-order valence-electron chi connectivity index (χ0n) is 11.7. The maximum Gasteiger partial charge on any atom is 0.223 e. The van der Waals surface area contributed by atoms with E-state index in [0.717, 1.165) is 13.0 Å². The number of aryl methyl sites for hydroxylation is 1. The topological polar surface area (TPSA) is 20.3 Å². The highest BCUT2D eigenvalue weighted by atomic mass is 35.5. The summed E-state index contributed by atoms with van der Waals surface area (Å²) in [6, 6.07) is 4.32. The lowest BCUT2D eigenvalue weighted by Gasteiger charge is -2.18. The van der Waals surface area contributed by atoms with Gasteiger partial charge in [-0.15, -0.1) is 11.6 Å². The molecule has 0 atom stereocenters. The molecule has 0 aliphatic heterocycles. The third-order valence-corrected chi connectivity index (χ3v) is 3.81. The van der Waals surface area contributed by atoms with Crippen LogP contribution < -0.4 is 0 Å². The summed E-state index contributed by atoms with van der Waals surface area (Å²) in [5, 5.41) is 0. The molecule has 0 heterocycles. The van der Waals surface area contributed by atoms with Crippen molar-refractivity contribution in [2.75, 3.05) is 19.5 Å². The molecule has 0 radical (unpaired) electrons. The first-order chi connectivity index (χ1) is 8.47. The van der Waals surface area contributed by atoms with E-state index in [1.807, 2.05) is 7.05 Å². The first-order valence-corrected chi connectivity index (χ1v) is 6.86. The molecule has 1 aromatic carbocycles. The molecular weight excluding hydrogens is 246 g/mol. The van der Waals surface area contributed by atoms with Crippen LogP contribution in [-0.2, 0) is 11.2 Å². The number of likely N-dealkylation sites (N-methyl/N-ethyl adjacent to an activating group) is 1. The highest BCUT2D eigenvalue weighted by Crippen LogP contribution is 2.17. The predicted octanol–water partition coefficient (Wildman–Crippen LogP) is 3.24. The van der Waals surface area contributed by atoms with Gasteiger partial charge in [-0.05, 0) is 49.4 Å². The highest BCUT2D eigenvalue weighted by Gasteiger charge is 2.09. The zero-order chi connectivity index (χ0) is 13.7. The van der Waals surface area contributed by atoms with Crippen molar-refractivity contribution in [2.45, 2.75) is 33.6 Å². The second-order valence-corrected chi connectivity index (χ2v) is 5.17. The van der Waals surface area contributed by atoms with Crippen molar-refractivity contribution in [1.29, 1.82) is 0 Å². The van der Waals surface area contributed by atoms with Crippen LogP contribution in [0.4, 0.5) is 0 Å². The van der Waals surface area contributed by atoms with Gasteiger partial charge in [-0.3, -0.25) is 4.79 Å². The lowest BCUT2D eigenvalue weighted by atomic mass is 9.97. The Hall–Kier alpha value is -1.02. The van der Waals surface area contributed by atoms with Gasteiger partial charge in [0.15, 0.2) is 0 Å². The average Bonchev–Trinajstić information content (AvgIpc) is 2.35. The summed E-state index contributed by atoms with van der Waals surface area (Å²) in [7, 11) is 1.84. The summed E-state index contributed by atoms with van der Waals surface area (Å²) >= 11 is 5.57. The number of amides is 1. The molecule has 0 unspecified atom stereocenters. The van der Waals surface area contributed by atoms with E-state index in [0.29, 0.717) is 12.3 Å². The largest absolute Gasteiger partial charge is 0.345 e. The molecule has 1 amide bonds. The van der Waals surface area contributed by atoms with Crippen molar-refractivity contribution in [3.63, 3.8) is 0 Å². The number of halogens is 1. The fourth-order valence-corrected chi connectivity index (χ4v) is 2.13. The molecule has 2 nitrogen and oxygen atoms in total. The van der Waals surface area contributed by atoms with E-state index in [-0.39, 0.29) is 5.91 Å². The molecule has 1 aromatic rings. The number of carbonyl (C=O) groups excluding carboxylic acids is 1. The Bertz CT molecular complexity index is 429. The summed E-state index contributed by atoms with van der Waals surface area (Å²) in [5.74, 6) is 0.512. The number of alkyl halides is 1. The van der Waals surface area contributed by atoms with Crippen molar-refractivity contribution < 1.29 is 4.79 Å². The smallest absolute Gasteiger partial charge is 0.223 e. The summed E-state index contributed by atoms with van der Waals surface area (Å²) in [5.41, 5.74) is 5.34. The van der Waals surface area contributed by atoms with Crippen molar-refractivity contribution in [2.24, 2.45) is 0 Å². The molecule has 0 bridgehead atoms. The predicted molar refractivity (Wildman–Crippen MR) is 77.3 cm³/mol. The van der Waals surface area contributed by atoms with E-state index in [4.69, 9.17) is 11.6 Å². The van der Waals surface area contributed by atoms with Crippen molar-refractivity contribution in [3.8, 4) is 0 Å². The molecule has 0 aliphatic carbocycles. The quantitative estimate of drug-likeness (QED) is 0.750. The Morgan fingerprint density at radius 1 is 1.22 bits per heavy atom. The SMILES string of the molecule is Cc1ccc(CCN(C)C(=O)CCCl)c(C)c1C. The van der Waals surface area contributed by atoms with E-state index in [1.165, 1.54) is 22.3 Å². The third kappa shape index (κ3) is 3.74. The maximum absolute atomic E-state index is 11.6. The third-order valence-electron chi connectivity index (χ3n) is 3.62. The van der Waals surface area contributed by atoms with Crippen LogP contribution in [0.25, 0.3) is 0 Å².